The van der Waals surface area contributed by atoms with Crippen LogP contribution in [-0.4, -0.2) is 40.8 Å². The summed E-state index contributed by atoms with van der Waals surface area (Å²) in [6.07, 6.45) is 4.37. The van der Waals surface area contributed by atoms with Crippen LogP contribution in [0.1, 0.15) is 88.7 Å². The lowest BCUT2D eigenvalue weighted by atomic mass is 9.75. The van der Waals surface area contributed by atoms with Gasteiger partial charge in [0, 0.05) is 28.7 Å². The number of rotatable bonds is 8. The van der Waals surface area contributed by atoms with E-state index in [4.69, 9.17) is 0 Å². The van der Waals surface area contributed by atoms with Crippen LogP contribution >= 0.6 is 0 Å². The lowest BCUT2D eigenvalue weighted by Gasteiger charge is -2.40. The number of amides is 1. The predicted molar refractivity (Wildman–Crippen MR) is 136 cm³/mol. The molecule has 2 aromatic carbocycles. The van der Waals surface area contributed by atoms with Crippen molar-refractivity contribution in [3.05, 3.63) is 71.3 Å². The van der Waals surface area contributed by atoms with Gasteiger partial charge in [0.15, 0.2) is 5.78 Å². The number of nitrogens with one attached hydrogen (secondary N) is 1. The highest BCUT2D eigenvalue weighted by Crippen LogP contribution is 2.33. The monoisotopic (exact) mass is 448 g/mol. The van der Waals surface area contributed by atoms with Crippen molar-refractivity contribution in [2.24, 2.45) is 0 Å². The van der Waals surface area contributed by atoms with Crippen molar-refractivity contribution in [1.29, 1.82) is 0 Å². The van der Waals surface area contributed by atoms with Gasteiger partial charge in [-0.25, -0.2) is 0 Å². The average Bonchev–Trinajstić information content (AvgIpc) is 2.75. The molecule has 1 aliphatic rings. The Kier molecular flexibility index (Phi) is 7.79. The van der Waals surface area contributed by atoms with Crippen LogP contribution in [0.2, 0.25) is 0 Å². The van der Waals surface area contributed by atoms with E-state index in [1.165, 1.54) is 6.42 Å². The molecule has 3 rings (SSSR count). The van der Waals surface area contributed by atoms with Crippen LogP contribution in [0, 0.1) is 0 Å². The lowest BCUT2D eigenvalue weighted by Crippen LogP contribution is -2.53. The first kappa shape index (κ1) is 25.2. The Morgan fingerprint density at radius 2 is 1.42 bits per heavy atom. The normalized spacial score (nSPS) is 19.8. The minimum atomic E-state index is -0.346. The largest absolute Gasteiger partial charge is 0.350 e. The van der Waals surface area contributed by atoms with E-state index in [0.717, 1.165) is 24.8 Å². The molecule has 2 unspecified atom stereocenters. The molecule has 0 saturated carbocycles. The maximum absolute atomic E-state index is 12.9. The molecular formula is C29H40N2O2. The summed E-state index contributed by atoms with van der Waals surface area (Å²) in [4.78, 5) is 28.0. The molecule has 0 aliphatic carbocycles. The number of nitrogens with zero attached hydrogens (tertiary/aromatic N) is 1. The summed E-state index contributed by atoms with van der Waals surface area (Å²) in [6, 6.07) is 18.2. The van der Waals surface area contributed by atoms with Gasteiger partial charge in [-0.2, -0.15) is 0 Å². The van der Waals surface area contributed by atoms with Gasteiger partial charge < -0.3 is 5.32 Å². The van der Waals surface area contributed by atoms with Crippen LogP contribution in [0.3, 0.4) is 0 Å². The molecule has 1 aliphatic heterocycles. The molecule has 4 nitrogen and oxygen atoms in total. The van der Waals surface area contributed by atoms with E-state index in [9.17, 15) is 9.59 Å². The molecule has 2 atom stereocenters. The first-order chi connectivity index (χ1) is 15.5. The molecule has 1 heterocycles. The first-order valence-corrected chi connectivity index (χ1v) is 12.3. The zero-order chi connectivity index (χ0) is 24.2. The molecule has 1 saturated heterocycles. The Morgan fingerprint density at radius 1 is 0.879 bits per heavy atom. The SMILES string of the molecule is CC1CCCC(C)N1CC(=O)NC(C)(C)CC(C)(C)c1ccc(C(=O)c2ccccc2)cc1. The second kappa shape index (κ2) is 10.2. The van der Waals surface area contributed by atoms with E-state index in [2.05, 4.69) is 51.8 Å². The number of benzene rings is 2. The fourth-order valence-electron chi connectivity index (χ4n) is 5.45. The van der Waals surface area contributed by atoms with Gasteiger partial charge in [-0.1, -0.05) is 74.9 Å². The van der Waals surface area contributed by atoms with Crippen molar-refractivity contribution in [1.82, 2.24) is 10.2 Å². The zero-order valence-corrected chi connectivity index (χ0v) is 21.2. The number of piperidine rings is 1. The molecule has 178 valence electrons. The molecule has 4 heteroatoms. The van der Waals surface area contributed by atoms with E-state index in [0.29, 0.717) is 29.8 Å². The summed E-state index contributed by atoms with van der Waals surface area (Å²) in [6.45, 7) is 13.5. The van der Waals surface area contributed by atoms with E-state index in [1.807, 2.05) is 54.6 Å². The first-order valence-electron chi connectivity index (χ1n) is 12.3. The highest BCUT2D eigenvalue weighted by Gasteiger charge is 2.33. The van der Waals surface area contributed by atoms with Crippen molar-refractivity contribution in [2.45, 2.75) is 90.3 Å². The standard InChI is InChI=1S/C29H40N2O2/c1-21-11-10-12-22(2)31(21)19-26(32)30-29(5,6)20-28(3,4)25-17-15-24(16-18-25)27(33)23-13-8-7-9-14-23/h7-9,13-18,21-22H,10-12,19-20H2,1-6H3,(H,30,32). The van der Waals surface area contributed by atoms with Gasteiger partial charge in [0.25, 0.3) is 0 Å². The summed E-state index contributed by atoms with van der Waals surface area (Å²) >= 11 is 0. The van der Waals surface area contributed by atoms with Gasteiger partial charge >= 0.3 is 0 Å². The minimum Gasteiger partial charge on any atom is -0.350 e. The molecular weight excluding hydrogens is 408 g/mol. The molecule has 0 aromatic heterocycles. The summed E-state index contributed by atoms with van der Waals surface area (Å²) in [5.41, 5.74) is 2.05. The van der Waals surface area contributed by atoms with E-state index >= 15 is 0 Å². The van der Waals surface area contributed by atoms with E-state index in [1.54, 1.807) is 0 Å². The fraction of sp³-hybridized carbons (Fsp3) is 0.517. The molecule has 0 radical (unpaired) electrons. The second-order valence-electron chi connectivity index (χ2n) is 11.1. The average molecular weight is 449 g/mol. The summed E-state index contributed by atoms with van der Waals surface area (Å²) < 4.78 is 0. The number of carbonyl (C=O) groups excluding carboxylic acids is 2. The number of carbonyl (C=O) groups is 2. The predicted octanol–water partition coefficient (Wildman–Crippen LogP) is 5.74. The van der Waals surface area contributed by atoms with Crippen molar-refractivity contribution in [3.63, 3.8) is 0 Å². The second-order valence-corrected chi connectivity index (χ2v) is 11.1. The molecule has 33 heavy (non-hydrogen) atoms. The van der Waals surface area contributed by atoms with Crippen LogP contribution in [-0.2, 0) is 10.2 Å². The summed E-state index contributed by atoms with van der Waals surface area (Å²) in [7, 11) is 0. The van der Waals surface area contributed by atoms with Crippen LogP contribution in [0.5, 0.6) is 0 Å². The maximum Gasteiger partial charge on any atom is 0.234 e. The van der Waals surface area contributed by atoms with Gasteiger partial charge in [-0.3, -0.25) is 14.5 Å². The zero-order valence-electron chi connectivity index (χ0n) is 21.2. The van der Waals surface area contributed by atoms with Crippen molar-refractivity contribution in [2.75, 3.05) is 6.54 Å². The highest BCUT2D eigenvalue weighted by atomic mass is 16.2. The van der Waals surface area contributed by atoms with E-state index in [-0.39, 0.29) is 22.6 Å². The Hall–Kier alpha value is -2.46. The lowest BCUT2D eigenvalue weighted by molar-refractivity contribution is -0.125. The van der Waals surface area contributed by atoms with E-state index < -0.39 is 0 Å². The number of ketones is 1. The number of hydrogen-bond acceptors (Lipinski definition) is 3. The van der Waals surface area contributed by atoms with Gasteiger partial charge in [0.05, 0.1) is 6.54 Å². The Morgan fingerprint density at radius 3 is 2.00 bits per heavy atom. The maximum atomic E-state index is 12.9. The molecule has 0 bridgehead atoms. The van der Waals surface area contributed by atoms with Crippen LogP contribution in [0.4, 0.5) is 0 Å². The Balaban J connectivity index is 1.63. The number of hydrogen-bond donors (Lipinski definition) is 1. The molecule has 2 aromatic rings. The fourth-order valence-corrected chi connectivity index (χ4v) is 5.45. The third kappa shape index (κ3) is 6.54. The summed E-state index contributed by atoms with van der Waals surface area (Å²) in [5, 5.41) is 3.29. The van der Waals surface area contributed by atoms with Crippen molar-refractivity contribution >= 4 is 11.7 Å². The molecule has 1 amide bonds. The molecule has 0 spiro atoms. The Labute approximate surface area is 199 Å². The third-order valence-electron chi connectivity index (χ3n) is 7.03. The summed E-state index contributed by atoms with van der Waals surface area (Å²) in [5.74, 6) is 0.133. The van der Waals surface area contributed by atoms with Gasteiger partial charge in [-0.05, 0) is 57.9 Å². The van der Waals surface area contributed by atoms with Gasteiger partial charge in [0.1, 0.15) is 0 Å². The topological polar surface area (TPSA) is 49.4 Å². The van der Waals surface area contributed by atoms with Crippen molar-refractivity contribution < 1.29 is 9.59 Å². The molecule has 1 N–H and O–H groups in total. The highest BCUT2D eigenvalue weighted by molar-refractivity contribution is 6.08. The minimum absolute atomic E-state index is 0.0359. The molecule has 1 fully saturated rings. The van der Waals surface area contributed by atoms with Crippen LogP contribution in [0.15, 0.2) is 54.6 Å². The number of likely N-dealkylation sites (tertiary alicyclic amines) is 1. The quantitative estimate of drug-likeness (QED) is 0.524. The van der Waals surface area contributed by atoms with Crippen LogP contribution < -0.4 is 5.32 Å². The third-order valence-corrected chi connectivity index (χ3v) is 7.03. The van der Waals surface area contributed by atoms with Crippen molar-refractivity contribution in [3.8, 4) is 0 Å². The van der Waals surface area contributed by atoms with Gasteiger partial charge in [0.2, 0.25) is 5.91 Å². The van der Waals surface area contributed by atoms with Gasteiger partial charge in [-0.15, -0.1) is 0 Å². The Bertz CT molecular complexity index is 937. The smallest absolute Gasteiger partial charge is 0.234 e. The van der Waals surface area contributed by atoms with Crippen LogP contribution in [0.25, 0.3) is 0 Å².